The van der Waals surface area contributed by atoms with Gasteiger partial charge >= 0.3 is 0 Å². The third-order valence-electron chi connectivity index (χ3n) is 3.15. The molecular weight excluding hydrogens is 257 g/mol. The van der Waals surface area contributed by atoms with Gasteiger partial charge in [-0.2, -0.15) is 0 Å². The van der Waals surface area contributed by atoms with Gasteiger partial charge in [-0.25, -0.2) is 17.5 Å². The third-order valence-corrected chi connectivity index (χ3v) is 4.59. The Bertz CT molecular complexity index is 538. The Balaban J connectivity index is 2.08. The normalized spacial score (nSPS) is 23.7. The van der Waals surface area contributed by atoms with Crippen LogP contribution in [-0.2, 0) is 10.0 Å². The molecule has 1 aliphatic rings. The van der Waals surface area contributed by atoms with Gasteiger partial charge in [0.2, 0.25) is 10.0 Å². The maximum absolute atomic E-state index is 13.5. The highest BCUT2D eigenvalue weighted by Gasteiger charge is 2.29. The summed E-state index contributed by atoms with van der Waals surface area (Å²) in [5.74, 6) is -0.607. The van der Waals surface area contributed by atoms with Gasteiger partial charge in [0, 0.05) is 6.54 Å². The SMILES string of the molecule is Cc1ccc(F)c(S(=O)(=O)NCC2CC(O)C2)c1. The number of nitrogens with one attached hydrogen (secondary N) is 1. The molecule has 0 amide bonds. The molecule has 0 radical (unpaired) electrons. The Labute approximate surface area is 106 Å². The lowest BCUT2D eigenvalue weighted by atomic mass is 9.83. The molecule has 2 rings (SSSR count). The Morgan fingerprint density at radius 1 is 1.44 bits per heavy atom. The van der Waals surface area contributed by atoms with Crippen molar-refractivity contribution in [2.75, 3.05) is 6.54 Å². The zero-order valence-corrected chi connectivity index (χ0v) is 10.9. The van der Waals surface area contributed by atoms with E-state index < -0.39 is 15.8 Å². The van der Waals surface area contributed by atoms with Crippen molar-refractivity contribution in [3.05, 3.63) is 29.6 Å². The quantitative estimate of drug-likeness (QED) is 0.866. The number of aryl methyl sites for hydroxylation is 1. The second-order valence-electron chi connectivity index (χ2n) is 4.78. The van der Waals surface area contributed by atoms with Gasteiger partial charge in [-0.05, 0) is 43.4 Å². The molecule has 0 bridgehead atoms. The van der Waals surface area contributed by atoms with Crippen LogP contribution in [-0.4, -0.2) is 26.2 Å². The number of benzene rings is 1. The summed E-state index contributed by atoms with van der Waals surface area (Å²) < 4.78 is 39.7. The first-order valence-corrected chi connectivity index (χ1v) is 7.30. The summed E-state index contributed by atoms with van der Waals surface area (Å²) in [4.78, 5) is -0.317. The molecule has 1 aromatic rings. The maximum Gasteiger partial charge on any atom is 0.243 e. The number of hydrogen-bond donors (Lipinski definition) is 2. The molecule has 4 nitrogen and oxygen atoms in total. The number of hydrogen-bond acceptors (Lipinski definition) is 3. The Hall–Kier alpha value is -0.980. The first-order chi connectivity index (χ1) is 8.38. The minimum atomic E-state index is -3.81. The van der Waals surface area contributed by atoms with Crippen LogP contribution in [0.15, 0.2) is 23.1 Å². The van der Waals surface area contributed by atoms with Gasteiger partial charge in [0.25, 0.3) is 0 Å². The van der Waals surface area contributed by atoms with Crippen LogP contribution < -0.4 is 4.72 Å². The topological polar surface area (TPSA) is 66.4 Å². The first-order valence-electron chi connectivity index (χ1n) is 5.82. The molecule has 1 fully saturated rings. The Kier molecular flexibility index (Phi) is 3.70. The highest BCUT2D eigenvalue weighted by molar-refractivity contribution is 7.89. The largest absolute Gasteiger partial charge is 0.393 e. The minimum absolute atomic E-state index is 0.141. The van der Waals surface area contributed by atoms with E-state index in [0.717, 1.165) is 6.07 Å². The van der Waals surface area contributed by atoms with Gasteiger partial charge < -0.3 is 5.11 Å². The molecule has 18 heavy (non-hydrogen) atoms. The predicted molar refractivity (Wildman–Crippen MR) is 65.1 cm³/mol. The molecule has 1 aliphatic carbocycles. The van der Waals surface area contributed by atoms with Crippen LogP contribution in [0.5, 0.6) is 0 Å². The lowest BCUT2D eigenvalue weighted by molar-refractivity contribution is 0.0453. The molecule has 0 heterocycles. The highest BCUT2D eigenvalue weighted by Crippen LogP contribution is 2.26. The molecule has 2 N–H and O–H groups in total. The van der Waals surface area contributed by atoms with Gasteiger partial charge in [-0.1, -0.05) is 6.07 Å². The van der Waals surface area contributed by atoms with Crippen molar-refractivity contribution in [1.29, 1.82) is 0 Å². The van der Waals surface area contributed by atoms with E-state index in [9.17, 15) is 12.8 Å². The average molecular weight is 273 g/mol. The first kappa shape index (κ1) is 13.5. The molecular formula is C12H16FNO3S. The molecule has 0 aromatic heterocycles. The summed E-state index contributed by atoms with van der Waals surface area (Å²) in [6.45, 7) is 1.95. The monoisotopic (exact) mass is 273 g/mol. The van der Waals surface area contributed by atoms with E-state index in [4.69, 9.17) is 5.11 Å². The molecule has 0 spiro atoms. The van der Waals surface area contributed by atoms with Crippen LogP contribution in [0, 0.1) is 18.7 Å². The van der Waals surface area contributed by atoms with E-state index in [1.54, 1.807) is 6.92 Å². The number of aliphatic hydroxyl groups excluding tert-OH is 1. The Morgan fingerprint density at radius 2 is 2.11 bits per heavy atom. The van der Waals surface area contributed by atoms with Crippen LogP contribution >= 0.6 is 0 Å². The van der Waals surface area contributed by atoms with E-state index >= 15 is 0 Å². The van der Waals surface area contributed by atoms with E-state index in [-0.39, 0.29) is 23.5 Å². The lowest BCUT2D eigenvalue weighted by Crippen LogP contribution is -2.38. The van der Waals surface area contributed by atoms with Crippen LogP contribution in [0.2, 0.25) is 0 Å². The summed E-state index contributed by atoms with van der Waals surface area (Å²) in [6, 6.07) is 3.99. The molecule has 1 aromatic carbocycles. The van der Waals surface area contributed by atoms with E-state index in [1.165, 1.54) is 12.1 Å². The van der Waals surface area contributed by atoms with Gasteiger partial charge in [0.05, 0.1) is 6.10 Å². The number of aliphatic hydroxyl groups is 1. The van der Waals surface area contributed by atoms with Crippen LogP contribution in [0.1, 0.15) is 18.4 Å². The zero-order valence-electron chi connectivity index (χ0n) is 10.1. The van der Waals surface area contributed by atoms with Crippen LogP contribution in [0.3, 0.4) is 0 Å². The van der Waals surface area contributed by atoms with E-state index in [1.807, 2.05) is 0 Å². The molecule has 0 atom stereocenters. The van der Waals surface area contributed by atoms with Crippen LogP contribution in [0.25, 0.3) is 0 Å². The fourth-order valence-electron chi connectivity index (χ4n) is 1.99. The maximum atomic E-state index is 13.5. The molecule has 100 valence electrons. The highest BCUT2D eigenvalue weighted by atomic mass is 32.2. The van der Waals surface area contributed by atoms with E-state index in [0.29, 0.717) is 18.4 Å². The standard InChI is InChI=1S/C12H16FNO3S/c1-8-2-3-11(13)12(4-8)18(16,17)14-7-9-5-10(15)6-9/h2-4,9-10,14-15H,5-7H2,1H3. The van der Waals surface area contributed by atoms with Gasteiger partial charge in [-0.3, -0.25) is 0 Å². The minimum Gasteiger partial charge on any atom is -0.393 e. The molecule has 6 heteroatoms. The van der Waals surface area contributed by atoms with E-state index in [2.05, 4.69) is 4.72 Å². The summed E-state index contributed by atoms with van der Waals surface area (Å²) >= 11 is 0. The van der Waals surface area contributed by atoms with Crippen molar-refractivity contribution >= 4 is 10.0 Å². The predicted octanol–water partition coefficient (Wildman–Crippen LogP) is 1.18. The van der Waals surface area contributed by atoms with Gasteiger partial charge in [-0.15, -0.1) is 0 Å². The summed E-state index contributed by atoms with van der Waals surface area (Å²) in [5, 5.41) is 9.11. The van der Waals surface area contributed by atoms with Crippen molar-refractivity contribution in [3.63, 3.8) is 0 Å². The van der Waals surface area contributed by atoms with Crippen molar-refractivity contribution in [2.45, 2.75) is 30.8 Å². The van der Waals surface area contributed by atoms with Crippen molar-refractivity contribution in [3.8, 4) is 0 Å². The second-order valence-corrected chi connectivity index (χ2v) is 6.51. The van der Waals surface area contributed by atoms with Gasteiger partial charge in [0.15, 0.2) is 0 Å². The molecule has 0 unspecified atom stereocenters. The average Bonchev–Trinajstić information content (AvgIpc) is 2.26. The molecule has 1 saturated carbocycles. The van der Waals surface area contributed by atoms with Crippen molar-refractivity contribution in [1.82, 2.24) is 4.72 Å². The zero-order chi connectivity index (χ0) is 13.3. The van der Waals surface area contributed by atoms with Crippen molar-refractivity contribution < 1.29 is 17.9 Å². The third kappa shape index (κ3) is 2.88. The molecule has 0 aliphatic heterocycles. The number of rotatable bonds is 4. The number of sulfonamides is 1. The van der Waals surface area contributed by atoms with Crippen LogP contribution in [0.4, 0.5) is 4.39 Å². The van der Waals surface area contributed by atoms with Crippen molar-refractivity contribution in [2.24, 2.45) is 5.92 Å². The molecule has 0 saturated heterocycles. The summed E-state index contributed by atoms with van der Waals surface area (Å²) in [6.07, 6.45) is 0.868. The van der Waals surface area contributed by atoms with Gasteiger partial charge in [0.1, 0.15) is 10.7 Å². The lowest BCUT2D eigenvalue weighted by Gasteiger charge is -2.31. The summed E-state index contributed by atoms with van der Waals surface area (Å²) in [7, 11) is -3.81. The second kappa shape index (κ2) is 4.95. The smallest absolute Gasteiger partial charge is 0.243 e. The fourth-order valence-corrected chi connectivity index (χ4v) is 3.27. The summed E-state index contributed by atoms with van der Waals surface area (Å²) in [5.41, 5.74) is 0.691. The Morgan fingerprint density at radius 3 is 2.72 bits per heavy atom. The fraction of sp³-hybridized carbons (Fsp3) is 0.500. The number of halogens is 1.